The average molecular weight is 467 g/mol. The lowest BCUT2D eigenvalue weighted by Crippen LogP contribution is -2.51. The average Bonchev–Trinajstić information content (AvgIpc) is 3.44. The van der Waals surface area contributed by atoms with Crippen molar-refractivity contribution in [2.75, 3.05) is 52.4 Å². The van der Waals surface area contributed by atoms with E-state index in [1.807, 2.05) is 9.80 Å². The number of carbonyl (C=O) groups is 2. The van der Waals surface area contributed by atoms with Crippen LogP contribution in [-0.4, -0.2) is 108 Å². The number of urea groups is 2. The van der Waals surface area contributed by atoms with Crippen LogP contribution >= 0.6 is 0 Å². The van der Waals surface area contributed by atoms with Crippen LogP contribution in [0, 0.1) is 0 Å². The summed E-state index contributed by atoms with van der Waals surface area (Å²) < 4.78 is 0. The molecule has 0 aromatic heterocycles. The minimum atomic E-state index is 0. The number of nitrogens with one attached hydrogen (secondary N) is 4. The summed E-state index contributed by atoms with van der Waals surface area (Å²) >= 11 is 0. The van der Waals surface area contributed by atoms with Crippen molar-refractivity contribution >= 4 is 12.1 Å². The summed E-state index contributed by atoms with van der Waals surface area (Å²) in [6.45, 7) is 7.10. The van der Waals surface area contributed by atoms with E-state index in [0.717, 1.165) is 78.0 Å². The van der Waals surface area contributed by atoms with Crippen LogP contribution < -0.4 is 21.3 Å². The van der Waals surface area contributed by atoms with Gasteiger partial charge >= 0.3 is 12.1 Å². The number of rotatable bonds is 2. The largest absolute Gasteiger partial charge is 0.412 e. The van der Waals surface area contributed by atoms with Gasteiger partial charge in [-0.05, 0) is 25.7 Å². The van der Waals surface area contributed by atoms with Crippen LogP contribution in [0.2, 0.25) is 0 Å². The Bertz CT molecular complexity index is 447. The first-order chi connectivity index (χ1) is 13.7. The molecular formula is C20H46N6O6. The molecule has 0 bridgehead atoms. The molecule has 2 saturated carbocycles. The van der Waals surface area contributed by atoms with Crippen LogP contribution in [-0.2, 0) is 0 Å². The van der Waals surface area contributed by atoms with Gasteiger partial charge in [0.05, 0.1) is 0 Å². The molecule has 0 aromatic carbocycles. The van der Waals surface area contributed by atoms with Crippen molar-refractivity contribution in [3.8, 4) is 0 Å². The van der Waals surface area contributed by atoms with Gasteiger partial charge in [0.25, 0.3) is 0 Å². The number of nitrogens with zero attached hydrogens (tertiary/aromatic N) is 2. The van der Waals surface area contributed by atoms with Crippen molar-refractivity contribution in [3.63, 3.8) is 0 Å². The van der Waals surface area contributed by atoms with Gasteiger partial charge in [-0.3, -0.25) is 0 Å². The van der Waals surface area contributed by atoms with E-state index in [2.05, 4.69) is 21.3 Å². The SMILES string of the molecule is O.O.O.O.O=C(NC1CCCC1)N1CCNCC1.O=C(NC1CCCC1)N1CCNCC1. The normalized spacial score (nSPS) is 20.9. The van der Waals surface area contributed by atoms with Crippen molar-refractivity contribution in [1.82, 2.24) is 31.1 Å². The molecule has 4 fully saturated rings. The maximum atomic E-state index is 11.7. The van der Waals surface area contributed by atoms with Gasteiger partial charge in [-0.25, -0.2) is 9.59 Å². The summed E-state index contributed by atoms with van der Waals surface area (Å²) in [5, 5.41) is 12.7. The van der Waals surface area contributed by atoms with E-state index >= 15 is 0 Å². The van der Waals surface area contributed by atoms with Gasteiger partial charge in [-0.1, -0.05) is 25.7 Å². The molecule has 12 N–H and O–H groups in total. The first kappa shape index (κ1) is 32.5. The van der Waals surface area contributed by atoms with E-state index in [0.29, 0.717) is 12.1 Å². The smallest absolute Gasteiger partial charge is 0.317 e. The van der Waals surface area contributed by atoms with E-state index in [9.17, 15) is 9.59 Å². The Kier molecular flexibility index (Phi) is 18.1. The van der Waals surface area contributed by atoms with Crippen LogP contribution in [0.1, 0.15) is 51.4 Å². The molecule has 0 atom stereocenters. The second kappa shape index (κ2) is 17.8. The van der Waals surface area contributed by atoms with Crippen molar-refractivity contribution in [3.05, 3.63) is 0 Å². The molecule has 32 heavy (non-hydrogen) atoms. The molecule has 0 aromatic rings. The van der Waals surface area contributed by atoms with Crippen molar-refractivity contribution < 1.29 is 31.5 Å². The summed E-state index contributed by atoms with van der Waals surface area (Å²) in [6, 6.07) is 1.16. The third kappa shape index (κ3) is 10.7. The van der Waals surface area contributed by atoms with E-state index in [1.165, 1.54) is 25.7 Å². The zero-order valence-corrected chi connectivity index (χ0v) is 19.2. The highest BCUT2D eigenvalue weighted by molar-refractivity contribution is 5.75. The van der Waals surface area contributed by atoms with Gasteiger partial charge in [-0.2, -0.15) is 0 Å². The minimum absolute atomic E-state index is 0. The second-order valence-corrected chi connectivity index (χ2v) is 8.34. The predicted octanol–water partition coefficient (Wildman–Crippen LogP) is -2.21. The molecule has 2 saturated heterocycles. The molecule has 2 heterocycles. The van der Waals surface area contributed by atoms with Gasteiger partial charge in [0, 0.05) is 64.4 Å². The highest BCUT2D eigenvalue weighted by Crippen LogP contribution is 2.18. The van der Waals surface area contributed by atoms with E-state index in [4.69, 9.17) is 0 Å². The summed E-state index contributed by atoms with van der Waals surface area (Å²) in [6.07, 6.45) is 9.74. The van der Waals surface area contributed by atoms with Gasteiger partial charge in [0.1, 0.15) is 0 Å². The zero-order chi connectivity index (χ0) is 19.6. The van der Waals surface area contributed by atoms with Gasteiger partial charge in [-0.15, -0.1) is 0 Å². The zero-order valence-electron chi connectivity index (χ0n) is 19.2. The maximum Gasteiger partial charge on any atom is 0.317 e. The Labute approximate surface area is 191 Å². The van der Waals surface area contributed by atoms with Crippen molar-refractivity contribution in [2.45, 2.75) is 63.5 Å². The topological polar surface area (TPSA) is 215 Å². The molecule has 2 aliphatic carbocycles. The lowest BCUT2D eigenvalue weighted by molar-refractivity contribution is 0.185. The van der Waals surface area contributed by atoms with Crippen molar-refractivity contribution in [2.24, 2.45) is 0 Å². The van der Waals surface area contributed by atoms with Crippen LogP contribution in [0.25, 0.3) is 0 Å². The van der Waals surface area contributed by atoms with E-state index in [-0.39, 0.29) is 34.0 Å². The Hall–Kier alpha value is -1.70. The molecule has 0 radical (unpaired) electrons. The molecule has 0 spiro atoms. The summed E-state index contributed by atoms with van der Waals surface area (Å²) in [4.78, 5) is 27.3. The van der Waals surface area contributed by atoms with Gasteiger partial charge in [0.2, 0.25) is 0 Å². The maximum absolute atomic E-state index is 11.7. The van der Waals surface area contributed by atoms with E-state index < -0.39 is 0 Å². The first-order valence-electron chi connectivity index (χ1n) is 11.2. The fourth-order valence-electron chi connectivity index (χ4n) is 4.41. The quantitative estimate of drug-likeness (QED) is 0.356. The Morgan fingerprint density at radius 3 is 1.12 bits per heavy atom. The minimum Gasteiger partial charge on any atom is -0.412 e. The number of carbonyl (C=O) groups excluding carboxylic acids is 2. The predicted molar refractivity (Wildman–Crippen MR) is 125 cm³/mol. The highest BCUT2D eigenvalue weighted by Gasteiger charge is 2.22. The molecular weight excluding hydrogens is 420 g/mol. The Morgan fingerprint density at radius 2 is 0.844 bits per heavy atom. The molecule has 2 aliphatic heterocycles. The first-order valence-corrected chi connectivity index (χ1v) is 11.2. The Balaban J connectivity index is 0. The highest BCUT2D eigenvalue weighted by atomic mass is 16.2. The van der Waals surface area contributed by atoms with Crippen LogP contribution in [0.4, 0.5) is 9.59 Å². The third-order valence-electron chi connectivity index (χ3n) is 6.17. The number of piperazine rings is 2. The lowest BCUT2D eigenvalue weighted by Gasteiger charge is -2.28. The fourth-order valence-corrected chi connectivity index (χ4v) is 4.41. The summed E-state index contributed by atoms with van der Waals surface area (Å²) in [5.41, 5.74) is 0. The molecule has 4 amide bonds. The molecule has 12 heteroatoms. The second-order valence-electron chi connectivity index (χ2n) is 8.34. The summed E-state index contributed by atoms with van der Waals surface area (Å²) in [5.74, 6) is 0. The molecule has 192 valence electrons. The van der Waals surface area contributed by atoms with Gasteiger partial charge < -0.3 is 53.0 Å². The number of amides is 4. The van der Waals surface area contributed by atoms with Crippen LogP contribution in [0.5, 0.6) is 0 Å². The van der Waals surface area contributed by atoms with Crippen LogP contribution in [0.15, 0.2) is 0 Å². The standard InChI is InChI=1S/2C10H19N3O.4H2O/c2*14-10(12-9-3-1-2-4-9)13-7-5-11-6-8-13;;;;/h2*9,11H,1-8H2,(H,12,14);4*1H2. The molecule has 4 aliphatic rings. The van der Waals surface area contributed by atoms with Crippen molar-refractivity contribution in [1.29, 1.82) is 0 Å². The van der Waals surface area contributed by atoms with E-state index in [1.54, 1.807) is 0 Å². The summed E-state index contributed by atoms with van der Waals surface area (Å²) in [7, 11) is 0. The van der Waals surface area contributed by atoms with Crippen LogP contribution in [0.3, 0.4) is 0 Å². The fraction of sp³-hybridized carbons (Fsp3) is 0.900. The number of hydrogen-bond donors (Lipinski definition) is 4. The molecule has 0 unspecified atom stereocenters. The third-order valence-corrected chi connectivity index (χ3v) is 6.17. The molecule has 12 nitrogen and oxygen atoms in total. The number of hydrogen-bond acceptors (Lipinski definition) is 4. The Morgan fingerprint density at radius 1 is 0.562 bits per heavy atom. The monoisotopic (exact) mass is 466 g/mol. The lowest BCUT2D eigenvalue weighted by atomic mass is 10.2. The van der Waals surface area contributed by atoms with Gasteiger partial charge in [0.15, 0.2) is 0 Å². The molecule has 4 rings (SSSR count).